The Morgan fingerprint density at radius 1 is 0.720 bits per heavy atom. The lowest BCUT2D eigenvalue weighted by molar-refractivity contribution is 0.296. The van der Waals surface area contributed by atoms with Crippen LogP contribution in [0.4, 0.5) is 0 Å². The van der Waals surface area contributed by atoms with Crippen LogP contribution in [-0.2, 0) is 13.0 Å². The summed E-state index contributed by atoms with van der Waals surface area (Å²) in [6, 6.07) is 24.4. The minimum absolute atomic E-state index is 1.03. The minimum atomic E-state index is 1.03. The Hall–Kier alpha value is -2.38. The lowest BCUT2D eigenvalue weighted by atomic mass is 9.91. The van der Waals surface area contributed by atoms with Crippen LogP contribution in [0.25, 0.3) is 22.3 Å². The molecule has 0 amide bonds. The van der Waals surface area contributed by atoms with Crippen molar-refractivity contribution in [1.82, 2.24) is 4.90 Å². The highest BCUT2D eigenvalue weighted by Gasteiger charge is 2.24. The molecule has 0 bridgehead atoms. The van der Waals surface area contributed by atoms with Crippen molar-refractivity contribution in [3.8, 4) is 22.3 Å². The van der Waals surface area contributed by atoms with Gasteiger partial charge in [-0.3, -0.25) is 4.90 Å². The van der Waals surface area contributed by atoms with Gasteiger partial charge in [-0.25, -0.2) is 0 Å². The molecule has 1 aliphatic carbocycles. The van der Waals surface area contributed by atoms with E-state index in [-0.39, 0.29) is 0 Å². The Kier molecular flexibility index (Phi) is 4.42. The van der Waals surface area contributed by atoms with Gasteiger partial charge in [0.15, 0.2) is 0 Å². The molecule has 0 heterocycles. The highest BCUT2D eigenvalue weighted by Crippen LogP contribution is 2.44. The van der Waals surface area contributed by atoms with E-state index in [0.29, 0.717) is 0 Å². The summed E-state index contributed by atoms with van der Waals surface area (Å²) >= 11 is 0. The third-order valence-corrected chi connectivity index (χ3v) is 5.39. The lowest BCUT2D eigenvalue weighted by Gasteiger charge is -2.21. The molecule has 0 saturated heterocycles. The van der Waals surface area contributed by atoms with Gasteiger partial charge in [0.2, 0.25) is 0 Å². The van der Waals surface area contributed by atoms with Crippen molar-refractivity contribution in [3.05, 3.63) is 83.4 Å². The van der Waals surface area contributed by atoms with Crippen LogP contribution in [-0.4, -0.2) is 18.0 Å². The van der Waals surface area contributed by atoms with Crippen LogP contribution in [0.5, 0.6) is 0 Å². The van der Waals surface area contributed by atoms with Crippen LogP contribution in [0.1, 0.15) is 30.5 Å². The van der Waals surface area contributed by atoms with Gasteiger partial charge in [-0.05, 0) is 58.5 Å². The van der Waals surface area contributed by atoms with E-state index in [1.807, 2.05) is 0 Å². The molecule has 1 heteroatoms. The molecule has 3 aromatic carbocycles. The molecule has 1 nitrogen and oxygen atoms in total. The molecular weight excluding hydrogens is 302 g/mol. The van der Waals surface area contributed by atoms with E-state index in [2.05, 4.69) is 85.5 Å². The van der Waals surface area contributed by atoms with Crippen molar-refractivity contribution in [2.75, 3.05) is 13.1 Å². The highest BCUT2D eigenvalue weighted by atomic mass is 15.1. The van der Waals surface area contributed by atoms with Crippen LogP contribution < -0.4 is 0 Å². The van der Waals surface area contributed by atoms with Crippen LogP contribution in [0.15, 0.2) is 66.7 Å². The minimum Gasteiger partial charge on any atom is -0.300 e. The second kappa shape index (κ2) is 6.85. The molecule has 1 aliphatic rings. The first kappa shape index (κ1) is 16.1. The summed E-state index contributed by atoms with van der Waals surface area (Å²) in [4.78, 5) is 2.50. The summed E-state index contributed by atoms with van der Waals surface area (Å²) in [5, 5.41) is 0. The summed E-state index contributed by atoms with van der Waals surface area (Å²) < 4.78 is 0. The molecule has 0 unspecified atom stereocenters. The largest absolute Gasteiger partial charge is 0.300 e. The number of benzene rings is 3. The van der Waals surface area contributed by atoms with Gasteiger partial charge in [0.25, 0.3) is 0 Å². The van der Waals surface area contributed by atoms with Crippen LogP contribution >= 0.6 is 0 Å². The summed E-state index contributed by atoms with van der Waals surface area (Å²) in [6.45, 7) is 7.70. The van der Waals surface area contributed by atoms with Gasteiger partial charge in [-0.1, -0.05) is 80.6 Å². The first-order valence-corrected chi connectivity index (χ1v) is 9.32. The Bertz CT molecular complexity index is 876. The maximum atomic E-state index is 2.50. The van der Waals surface area contributed by atoms with Gasteiger partial charge in [0, 0.05) is 6.54 Å². The van der Waals surface area contributed by atoms with E-state index < -0.39 is 0 Å². The molecule has 0 fully saturated rings. The van der Waals surface area contributed by atoms with Crippen LogP contribution in [0.3, 0.4) is 0 Å². The second-order valence-corrected chi connectivity index (χ2v) is 6.80. The van der Waals surface area contributed by atoms with Crippen molar-refractivity contribution in [1.29, 1.82) is 0 Å². The standard InChI is InChI=1S/C24H25N/c1-3-25(4-2)17-21-14-8-12-19-16-20-13-9-15-22(24(20)23(19)21)18-10-6-5-7-11-18/h5-15H,3-4,16-17H2,1-2H3. The number of hydrogen-bond donors (Lipinski definition) is 0. The van der Waals surface area contributed by atoms with E-state index in [9.17, 15) is 0 Å². The SMILES string of the molecule is CCN(CC)Cc1cccc2c1-c1c(cccc1-c1ccccc1)C2. The Morgan fingerprint density at radius 3 is 2.12 bits per heavy atom. The molecule has 25 heavy (non-hydrogen) atoms. The zero-order valence-electron chi connectivity index (χ0n) is 15.1. The lowest BCUT2D eigenvalue weighted by Crippen LogP contribution is -2.22. The summed E-state index contributed by atoms with van der Waals surface area (Å²) in [7, 11) is 0. The first-order chi connectivity index (χ1) is 12.3. The van der Waals surface area contributed by atoms with Gasteiger partial charge in [-0.15, -0.1) is 0 Å². The molecule has 126 valence electrons. The molecule has 0 aromatic heterocycles. The maximum Gasteiger partial charge on any atom is 0.0239 e. The zero-order valence-corrected chi connectivity index (χ0v) is 15.1. The van der Waals surface area contributed by atoms with Gasteiger partial charge < -0.3 is 0 Å². The summed E-state index contributed by atoms with van der Waals surface area (Å²) in [6.07, 6.45) is 1.05. The predicted octanol–water partition coefficient (Wildman–Crippen LogP) is 5.77. The van der Waals surface area contributed by atoms with E-state index >= 15 is 0 Å². The summed E-state index contributed by atoms with van der Waals surface area (Å²) in [5.41, 5.74) is 10.00. The number of hydrogen-bond acceptors (Lipinski definition) is 1. The summed E-state index contributed by atoms with van der Waals surface area (Å²) in [5.74, 6) is 0. The normalized spacial score (nSPS) is 12.3. The zero-order chi connectivity index (χ0) is 17.2. The third kappa shape index (κ3) is 2.89. The average molecular weight is 327 g/mol. The number of fused-ring (bicyclic) bond motifs is 3. The fourth-order valence-corrected chi connectivity index (χ4v) is 4.05. The Labute approximate surface area is 150 Å². The third-order valence-electron chi connectivity index (χ3n) is 5.39. The molecular formula is C24H25N. The van der Waals surface area contributed by atoms with Crippen molar-refractivity contribution in [2.45, 2.75) is 26.8 Å². The molecule has 0 spiro atoms. The van der Waals surface area contributed by atoms with Crippen LogP contribution in [0, 0.1) is 0 Å². The molecule has 0 atom stereocenters. The average Bonchev–Trinajstić information content (AvgIpc) is 3.06. The number of rotatable bonds is 5. The Balaban J connectivity index is 1.88. The molecule has 3 aromatic rings. The van der Waals surface area contributed by atoms with E-state index in [1.165, 1.54) is 38.9 Å². The molecule has 4 rings (SSSR count). The van der Waals surface area contributed by atoms with E-state index in [1.54, 1.807) is 0 Å². The molecule has 0 N–H and O–H groups in total. The number of nitrogens with zero attached hydrogens (tertiary/aromatic N) is 1. The first-order valence-electron chi connectivity index (χ1n) is 9.32. The molecule has 0 radical (unpaired) electrons. The van der Waals surface area contributed by atoms with Gasteiger partial charge in [0.05, 0.1) is 0 Å². The quantitative estimate of drug-likeness (QED) is 0.450. The second-order valence-electron chi connectivity index (χ2n) is 6.80. The fourth-order valence-electron chi connectivity index (χ4n) is 4.05. The van der Waals surface area contributed by atoms with Gasteiger partial charge in [0.1, 0.15) is 0 Å². The fraction of sp³-hybridized carbons (Fsp3) is 0.250. The van der Waals surface area contributed by atoms with Crippen molar-refractivity contribution in [2.24, 2.45) is 0 Å². The van der Waals surface area contributed by atoms with Gasteiger partial charge >= 0.3 is 0 Å². The monoisotopic (exact) mass is 327 g/mol. The predicted molar refractivity (Wildman–Crippen MR) is 107 cm³/mol. The van der Waals surface area contributed by atoms with Crippen molar-refractivity contribution < 1.29 is 0 Å². The highest BCUT2D eigenvalue weighted by molar-refractivity contribution is 5.91. The van der Waals surface area contributed by atoms with Crippen molar-refractivity contribution in [3.63, 3.8) is 0 Å². The molecule has 0 aliphatic heterocycles. The van der Waals surface area contributed by atoms with Gasteiger partial charge in [-0.2, -0.15) is 0 Å². The van der Waals surface area contributed by atoms with E-state index in [0.717, 1.165) is 26.1 Å². The topological polar surface area (TPSA) is 3.24 Å². The van der Waals surface area contributed by atoms with Crippen LogP contribution in [0.2, 0.25) is 0 Å². The maximum absolute atomic E-state index is 2.50. The van der Waals surface area contributed by atoms with Crippen molar-refractivity contribution >= 4 is 0 Å². The molecule has 0 saturated carbocycles. The smallest absolute Gasteiger partial charge is 0.0239 e. The Morgan fingerprint density at radius 2 is 1.40 bits per heavy atom. The van der Waals surface area contributed by atoms with E-state index in [4.69, 9.17) is 0 Å².